The zero-order valence-electron chi connectivity index (χ0n) is 14.9. The second-order valence-electron chi connectivity index (χ2n) is 6.64. The van der Waals surface area contributed by atoms with Crippen LogP contribution in [0.4, 0.5) is 5.95 Å². The lowest BCUT2D eigenvalue weighted by Crippen LogP contribution is -2.23. The summed E-state index contributed by atoms with van der Waals surface area (Å²) in [5.41, 5.74) is 8.60. The van der Waals surface area contributed by atoms with Gasteiger partial charge in [0.05, 0.1) is 27.8 Å². The molecule has 0 bridgehead atoms. The molecule has 2 atom stereocenters. The number of carbonyl (C=O) groups is 1. The zero-order valence-corrected chi connectivity index (χ0v) is 15.7. The molecule has 0 fully saturated rings. The van der Waals surface area contributed by atoms with Crippen molar-refractivity contribution < 1.29 is 9.00 Å². The standard InChI is InChI=1S/C21H19N3O2S/c1-13-20-17(24-21(22)23-13)11-14(12-18(20)25)16-9-5-6-10-19(16)27(26)15-7-3-2-4-8-15/h2-10,14H,11-12H2,1H3,(H2,22,23,24). The lowest BCUT2D eigenvalue weighted by Gasteiger charge is -2.25. The lowest BCUT2D eigenvalue weighted by molar-refractivity contribution is 0.0961. The number of nitrogens with zero attached hydrogens (tertiary/aromatic N) is 2. The van der Waals surface area contributed by atoms with Gasteiger partial charge >= 0.3 is 0 Å². The molecule has 5 nitrogen and oxygen atoms in total. The van der Waals surface area contributed by atoms with Crippen molar-refractivity contribution in [2.45, 2.75) is 35.5 Å². The number of carbonyl (C=O) groups excluding carboxylic acids is 1. The Morgan fingerprint density at radius 1 is 1.00 bits per heavy atom. The monoisotopic (exact) mass is 377 g/mol. The summed E-state index contributed by atoms with van der Waals surface area (Å²) in [6.07, 6.45) is 0.932. The Hall–Kier alpha value is -2.86. The maximum atomic E-state index is 13.1. The van der Waals surface area contributed by atoms with E-state index in [-0.39, 0.29) is 17.6 Å². The van der Waals surface area contributed by atoms with E-state index in [0.29, 0.717) is 29.8 Å². The minimum Gasteiger partial charge on any atom is -0.368 e. The van der Waals surface area contributed by atoms with Gasteiger partial charge in [0.15, 0.2) is 5.78 Å². The first-order chi connectivity index (χ1) is 13.0. The van der Waals surface area contributed by atoms with Crippen LogP contribution in [0.5, 0.6) is 0 Å². The topological polar surface area (TPSA) is 85.9 Å². The van der Waals surface area contributed by atoms with Crippen molar-refractivity contribution >= 4 is 22.5 Å². The van der Waals surface area contributed by atoms with Crippen LogP contribution in [-0.2, 0) is 17.2 Å². The van der Waals surface area contributed by atoms with E-state index < -0.39 is 10.8 Å². The predicted octanol–water partition coefficient (Wildman–Crippen LogP) is 3.45. The molecule has 2 aromatic carbocycles. The largest absolute Gasteiger partial charge is 0.368 e. The number of nitrogens with two attached hydrogens (primary N) is 1. The molecule has 27 heavy (non-hydrogen) atoms. The van der Waals surface area contributed by atoms with Crippen LogP contribution < -0.4 is 5.73 Å². The van der Waals surface area contributed by atoms with Crippen LogP contribution in [0.1, 0.15) is 39.6 Å². The quantitative estimate of drug-likeness (QED) is 0.755. The average molecular weight is 377 g/mol. The number of aryl methyl sites for hydroxylation is 1. The highest BCUT2D eigenvalue weighted by atomic mass is 32.2. The zero-order chi connectivity index (χ0) is 19.0. The molecule has 2 unspecified atom stereocenters. The van der Waals surface area contributed by atoms with Crippen LogP contribution in [0.25, 0.3) is 0 Å². The molecule has 1 aromatic heterocycles. The third kappa shape index (κ3) is 3.28. The molecule has 6 heteroatoms. The number of rotatable bonds is 3. The van der Waals surface area contributed by atoms with E-state index in [1.54, 1.807) is 6.92 Å². The molecule has 2 N–H and O–H groups in total. The third-order valence-corrected chi connectivity index (χ3v) is 6.32. The molecule has 1 aliphatic rings. The van der Waals surface area contributed by atoms with Gasteiger partial charge in [0.1, 0.15) is 0 Å². The summed E-state index contributed by atoms with van der Waals surface area (Å²) < 4.78 is 13.1. The van der Waals surface area contributed by atoms with Crippen LogP contribution >= 0.6 is 0 Å². The summed E-state index contributed by atoms with van der Waals surface area (Å²) in [4.78, 5) is 22.7. The number of benzene rings is 2. The Morgan fingerprint density at radius 2 is 1.70 bits per heavy atom. The molecule has 0 spiro atoms. The average Bonchev–Trinajstić information content (AvgIpc) is 2.67. The number of Topliss-reactive ketones (excluding diaryl/α,β-unsaturated/α-hetero) is 1. The SMILES string of the molecule is Cc1nc(N)nc2c1C(=O)CC(c1ccccc1S(=O)c1ccccc1)C2. The van der Waals surface area contributed by atoms with Crippen molar-refractivity contribution in [3.63, 3.8) is 0 Å². The maximum Gasteiger partial charge on any atom is 0.220 e. The third-order valence-electron chi connectivity index (χ3n) is 4.85. The Labute approximate surface area is 160 Å². The summed E-state index contributed by atoms with van der Waals surface area (Å²) in [6, 6.07) is 17.0. The van der Waals surface area contributed by atoms with Crippen LogP contribution in [-0.4, -0.2) is 20.0 Å². The van der Waals surface area contributed by atoms with Gasteiger partial charge in [0.25, 0.3) is 0 Å². The number of fused-ring (bicyclic) bond motifs is 1. The second kappa shape index (κ2) is 7.04. The van der Waals surface area contributed by atoms with Gasteiger partial charge in [-0.3, -0.25) is 4.79 Å². The Bertz CT molecular complexity index is 1050. The Morgan fingerprint density at radius 3 is 2.48 bits per heavy atom. The number of nitrogen functional groups attached to an aromatic ring is 1. The Balaban J connectivity index is 1.75. The van der Waals surface area contributed by atoms with Gasteiger partial charge in [-0.25, -0.2) is 14.2 Å². The van der Waals surface area contributed by atoms with Crippen LogP contribution in [0.2, 0.25) is 0 Å². The molecule has 136 valence electrons. The number of hydrogen-bond donors (Lipinski definition) is 1. The first-order valence-corrected chi connectivity index (χ1v) is 9.91. The molecule has 1 aliphatic carbocycles. The molecule has 0 saturated heterocycles. The normalized spacial score (nSPS) is 17.4. The first-order valence-electron chi connectivity index (χ1n) is 8.76. The van der Waals surface area contributed by atoms with Gasteiger partial charge in [-0.2, -0.15) is 0 Å². The highest BCUT2D eigenvalue weighted by Crippen LogP contribution is 2.36. The summed E-state index contributed by atoms with van der Waals surface area (Å²) in [6.45, 7) is 1.79. The van der Waals surface area contributed by atoms with E-state index in [2.05, 4.69) is 9.97 Å². The number of anilines is 1. The van der Waals surface area contributed by atoms with E-state index in [0.717, 1.165) is 15.4 Å². The van der Waals surface area contributed by atoms with E-state index in [1.807, 2.05) is 54.6 Å². The number of ketones is 1. The van der Waals surface area contributed by atoms with Crippen molar-refractivity contribution in [2.75, 3.05) is 5.73 Å². The molecule has 1 heterocycles. The highest BCUT2D eigenvalue weighted by molar-refractivity contribution is 7.85. The van der Waals surface area contributed by atoms with E-state index in [9.17, 15) is 9.00 Å². The molecule has 0 amide bonds. The highest BCUT2D eigenvalue weighted by Gasteiger charge is 2.31. The Kier molecular flexibility index (Phi) is 4.58. The van der Waals surface area contributed by atoms with Gasteiger partial charge in [-0.05, 0) is 43.0 Å². The van der Waals surface area contributed by atoms with Gasteiger partial charge in [0.2, 0.25) is 5.95 Å². The van der Waals surface area contributed by atoms with Crippen molar-refractivity contribution in [2.24, 2.45) is 0 Å². The van der Waals surface area contributed by atoms with Crippen molar-refractivity contribution in [3.8, 4) is 0 Å². The molecular weight excluding hydrogens is 358 g/mol. The molecular formula is C21H19N3O2S. The van der Waals surface area contributed by atoms with E-state index in [4.69, 9.17) is 5.73 Å². The lowest BCUT2D eigenvalue weighted by atomic mass is 9.81. The van der Waals surface area contributed by atoms with Gasteiger partial charge in [0, 0.05) is 16.2 Å². The summed E-state index contributed by atoms with van der Waals surface area (Å²) in [5, 5.41) is 0. The predicted molar refractivity (Wildman–Crippen MR) is 104 cm³/mol. The van der Waals surface area contributed by atoms with Gasteiger partial charge in [-0.1, -0.05) is 36.4 Å². The number of hydrogen-bond acceptors (Lipinski definition) is 5. The first kappa shape index (κ1) is 17.5. The van der Waals surface area contributed by atoms with E-state index >= 15 is 0 Å². The van der Waals surface area contributed by atoms with Crippen molar-refractivity contribution in [3.05, 3.63) is 77.1 Å². The fraction of sp³-hybridized carbons (Fsp3) is 0.190. The van der Waals surface area contributed by atoms with Crippen LogP contribution in [0, 0.1) is 6.92 Å². The van der Waals surface area contributed by atoms with Crippen LogP contribution in [0.3, 0.4) is 0 Å². The molecule has 4 rings (SSSR count). The van der Waals surface area contributed by atoms with Gasteiger partial charge < -0.3 is 5.73 Å². The van der Waals surface area contributed by atoms with Crippen molar-refractivity contribution in [1.82, 2.24) is 9.97 Å². The summed E-state index contributed by atoms with van der Waals surface area (Å²) in [5.74, 6) is 0.113. The smallest absolute Gasteiger partial charge is 0.220 e. The summed E-state index contributed by atoms with van der Waals surface area (Å²) in [7, 11) is -1.31. The minimum absolute atomic E-state index is 0.0130. The van der Waals surface area contributed by atoms with Crippen molar-refractivity contribution in [1.29, 1.82) is 0 Å². The summed E-state index contributed by atoms with van der Waals surface area (Å²) >= 11 is 0. The maximum absolute atomic E-state index is 13.1. The fourth-order valence-electron chi connectivity index (χ4n) is 3.68. The molecule has 0 saturated carbocycles. The molecule has 0 aliphatic heterocycles. The second-order valence-corrected chi connectivity index (χ2v) is 8.09. The molecule has 0 radical (unpaired) electrons. The van der Waals surface area contributed by atoms with E-state index in [1.165, 1.54) is 0 Å². The van der Waals surface area contributed by atoms with Crippen LogP contribution in [0.15, 0.2) is 64.4 Å². The minimum atomic E-state index is -1.31. The fourth-order valence-corrected chi connectivity index (χ4v) is 4.98. The van der Waals surface area contributed by atoms with Gasteiger partial charge in [-0.15, -0.1) is 0 Å². The number of aromatic nitrogens is 2. The molecule has 3 aromatic rings.